The van der Waals surface area contributed by atoms with Crippen molar-refractivity contribution in [2.24, 2.45) is 5.73 Å². The number of carboxylic acid groups (broad SMARTS) is 1. The van der Waals surface area contributed by atoms with Gasteiger partial charge in [-0.15, -0.1) is 13.2 Å². The third-order valence-electron chi connectivity index (χ3n) is 2.93. The second-order valence-corrected chi connectivity index (χ2v) is 5.91. The number of aliphatic carboxylic acids is 1. The van der Waals surface area contributed by atoms with Crippen molar-refractivity contribution < 1.29 is 14.7 Å². The van der Waals surface area contributed by atoms with Crippen molar-refractivity contribution in [3.8, 4) is 0 Å². The van der Waals surface area contributed by atoms with E-state index in [1.165, 1.54) is 0 Å². The zero-order chi connectivity index (χ0) is 18.8. The summed E-state index contributed by atoms with van der Waals surface area (Å²) in [7, 11) is 0. The molecule has 0 unspecified atom stereocenters. The second kappa shape index (κ2) is 17.8. The first-order valence-corrected chi connectivity index (χ1v) is 9.13. The Morgan fingerprint density at radius 1 is 1.29 bits per heavy atom. The Morgan fingerprint density at radius 3 is 2.21 bits per heavy atom. The largest absolute Gasteiger partial charge is 0.480 e. The third-order valence-corrected chi connectivity index (χ3v) is 3.57. The molecule has 0 aromatic rings. The number of nitrogens with one attached hydrogen (secondary N) is 1. The van der Waals surface area contributed by atoms with E-state index in [0.717, 1.165) is 44.4 Å². The van der Waals surface area contributed by atoms with Gasteiger partial charge in [-0.25, -0.2) is 0 Å². The van der Waals surface area contributed by atoms with Crippen LogP contribution >= 0.6 is 11.8 Å². The lowest BCUT2D eigenvalue weighted by Gasteiger charge is -2.19. The first-order valence-electron chi connectivity index (χ1n) is 7.74. The van der Waals surface area contributed by atoms with Gasteiger partial charge in [0.05, 0.1) is 0 Å². The van der Waals surface area contributed by atoms with E-state index in [4.69, 9.17) is 5.11 Å². The van der Waals surface area contributed by atoms with Crippen molar-refractivity contribution in [3.63, 3.8) is 0 Å². The van der Waals surface area contributed by atoms with Gasteiger partial charge in [0, 0.05) is 13.1 Å². The van der Waals surface area contributed by atoms with E-state index in [1.807, 2.05) is 18.4 Å². The Labute approximate surface area is 149 Å². The van der Waals surface area contributed by atoms with Gasteiger partial charge in [-0.1, -0.05) is 18.7 Å². The number of thioether (sulfide) groups is 1. The van der Waals surface area contributed by atoms with Crippen molar-refractivity contribution in [2.45, 2.75) is 18.9 Å². The maximum Gasteiger partial charge on any atom is 0.320 e. The van der Waals surface area contributed by atoms with Crippen LogP contribution in [0.4, 0.5) is 0 Å². The van der Waals surface area contributed by atoms with Gasteiger partial charge in [0.15, 0.2) is 0 Å². The fourth-order valence-electron chi connectivity index (χ4n) is 1.75. The molecule has 0 saturated heterocycles. The van der Waals surface area contributed by atoms with Crippen molar-refractivity contribution in [1.29, 1.82) is 0 Å². The molecule has 0 radical (unpaired) electrons. The summed E-state index contributed by atoms with van der Waals surface area (Å²) in [5, 5.41) is 12.2. The number of hydrogen-bond acceptors (Lipinski definition) is 5. The highest BCUT2D eigenvalue weighted by molar-refractivity contribution is 7.98. The van der Waals surface area contributed by atoms with E-state index in [-0.39, 0.29) is 0 Å². The van der Waals surface area contributed by atoms with Crippen LogP contribution in [0.3, 0.4) is 0 Å². The number of carbonyl (C=O) groups is 2. The minimum atomic E-state index is -0.761. The van der Waals surface area contributed by atoms with E-state index < -0.39 is 17.9 Å². The second-order valence-electron chi connectivity index (χ2n) is 4.92. The quantitative estimate of drug-likeness (QED) is 0.248. The van der Waals surface area contributed by atoms with Gasteiger partial charge in [0.1, 0.15) is 6.04 Å². The molecule has 6 nitrogen and oxygen atoms in total. The van der Waals surface area contributed by atoms with Gasteiger partial charge in [-0.05, 0) is 44.0 Å². The maximum absolute atomic E-state index is 11.0. The zero-order valence-corrected chi connectivity index (χ0v) is 15.4. The molecule has 0 bridgehead atoms. The zero-order valence-electron chi connectivity index (χ0n) is 14.6. The van der Waals surface area contributed by atoms with Crippen LogP contribution in [-0.2, 0) is 9.59 Å². The molecule has 1 atom stereocenters. The van der Waals surface area contributed by atoms with Crippen LogP contribution in [0, 0.1) is 0 Å². The van der Waals surface area contributed by atoms with Crippen LogP contribution in [0.5, 0.6) is 0 Å². The Hall–Kier alpha value is -1.57. The monoisotopic (exact) mass is 357 g/mol. The molecule has 0 aliphatic carbocycles. The van der Waals surface area contributed by atoms with E-state index in [0.29, 0.717) is 6.42 Å². The number of hydrogen-bond donors (Lipinski definition) is 3. The molecule has 0 aromatic carbocycles. The predicted octanol–water partition coefficient (Wildman–Crippen LogP) is 1.50. The van der Waals surface area contributed by atoms with Crippen LogP contribution in [0.2, 0.25) is 0 Å². The number of amides is 1. The molecule has 0 spiro atoms. The smallest absolute Gasteiger partial charge is 0.320 e. The van der Waals surface area contributed by atoms with Crippen LogP contribution < -0.4 is 11.1 Å². The third kappa shape index (κ3) is 16.8. The number of rotatable bonds is 14. The summed E-state index contributed by atoms with van der Waals surface area (Å²) in [6.07, 6.45) is 8.37. The van der Waals surface area contributed by atoms with Gasteiger partial charge < -0.3 is 16.2 Å². The number of carbonyl (C=O) groups excluding carboxylic acids is 1. The van der Waals surface area contributed by atoms with Gasteiger partial charge in [0.2, 0.25) is 5.91 Å². The molecular formula is C17H31N3O3S. The van der Waals surface area contributed by atoms with Crippen molar-refractivity contribution in [3.05, 3.63) is 38.0 Å². The van der Waals surface area contributed by atoms with E-state index >= 15 is 0 Å². The number of primary amides is 1. The molecule has 0 heterocycles. The average Bonchev–Trinajstić information content (AvgIpc) is 2.54. The summed E-state index contributed by atoms with van der Waals surface area (Å²) in [4.78, 5) is 22.7. The molecule has 0 fully saturated rings. The van der Waals surface area contributed by atoms with Gasteiger partial charge in [0.25, 0.3) is 0 Å². The summed E-state index contributed by atoms with van der Waals surface area (Å²) in [6, 6.07) is -0.431. The number of carboxylic acids is 1. The highest BCUT2D eigenvalue weighted by Gasteiger charge is 2.15. The average molecular weight is 358 g/mol. The summed E-state index contributed by atoms with van der Waals surface area (Å²) >= 11 is 1.67. The lowest BCUT2D eigenvalue weighted by atomic mass is 10.2. The number of nitrogens with two attached hydrogens (primary N) is 1. The molecule has 1 amide bonds. The Morgan fingerprint density at radius 2 is 1.83 bits per heavy atom. The first-order chi connectivity index (χ1) is 11.4. The molecule has 24 heavy (non-hydrogen) atoms. The van der Waals surface area contributed by atoms with Gasteiger partial charge >= 0.3 is 5.97 Å². The number of nitrogens with zero attached hydrogens (tertiary/aromatic N) is 1. The van der Waals surface area contributed by atoms with Crippen LogP contribution in [0.15, 0.2) is 38.0 Å². The molecule has 0 saturated carbocycles. The predicted molar refractivity (Wildman–Crippen MR) is 103 cm³/mol. The fourth-order valence-corrected chi connectivity index (χ4v) is 2.22. The summed E-state index contributed by atoms with van der Waals surface area (Å²) < 4.78 is 0. The molecular weight excluding hydrogens is 326 g/mol. The minimum absolute atomic E-state index is 0.431. The van der Waals surface area contributed by atoms with Crippen molar-refractivity contribution in [1.82, 2.24) is 10.2 Å². The van der Waals surface area contributed by atoms with Crippen LogP contribution in [0.1, 0.15) is 12.8 Å². The maximum atomic E-state index is 11.0. The summed E-state index contributed by atoms with van der Waals surface area (Å²) in [5.41, 5.74) is 4.53. The molecule has 138 valence electrons. The van der Waals surface area contributed by atoms with E-state index in [2.05, 4.69) is 35.7 Å². The molecule has 0 aliphatic heterocycles. The normalized spacial score (nSPS) is 11.1. The summed E-state index contributed by atoms with van der Waals surface area (Å²) in [5.74, 6) is -0.378. The van der Waals surface area contributed by atoms with Crippen LogP contribution in [0.25, 0.3) is 0 Å². The topological polar surface area (TPSA) is 95.7 Å². The Balaban J connectivity index is 0. The standard InChI is InChI=1S/C14H26N2O2S.C3H5NO/c1-4-9-16(10-5-2)11-6-8-15-13(14(17)18)7-12-19-3;1-2-3(4)5/h4-5,13,15H,1-2,6-12H2,3H3,(H,17,18);2H,1H2,(H2,4,5)/t13-;/m0./s1. The molecule has 7 heteroatoms. The van der Waals surface area contributed by atoms with Crippen LogP contribution in [-0.4, -0.2) is 66.1 Å². The highest BCUT2D eigenvalue weighted by Crippen LogP contribution is 2.01. The fraction of sp³-hybridized carbons (Fsp3) is 0.529. The van der Waals surface area contributed by atoms with Crippen molar-refractivity contribution in [2.75, 3.05) is 38.2 Å². The van der Waals surface area contributed by atoms with Gasteiger partial charge in [-0.2, -0.15) is 11.8 Å². The van der Waals surface area contributed by atoms with Crippen molar-refractivity contribution >= 4 is 23.6 Å². The molecule has 0 aromatic heterocycles. The molecule has 0 rings (SSSR count). The summed E-state index contributed by atoms with van der Waals surface area (Å²) in [6.45, 7) is 13.8. The van der Waals surface area contributed by atoms with Gasteiger partial charge in [-0.3, -0.25) is 14.5 Å². The highest BCUT2D eigenvalue weighted by atomic mass is 32.2. The Kier molecular flexibility index (Phi) is 18.3. The van der Waals surface area contributed by atoms with E-state index in [9.17, 15) is 9.59 Å². The minimum Gasteiger partial charge on any atom is -0.480 e. The molecule has 0 aliphatic rings. The first kappa shape index (κ1) is 24.7. The molecule has 4 N–H and O–H groups in total. The Bertz CT molecular complexity index is 379. The van der Waals surface area contributed by atoms with E-state index in [1.54, 1.807) is 11.8 Å². The SMILES string of the molecule is C=CC(N)=O.C=CCN(CC=C)CCCN[C@@H](CCSC)C(=O)O. The lowest BCUT2D eigenvalue weighted by Crippen LogP contribution is -2.38. The lowest BCUT2D eigenvalue weighted by molar-refractivity contribution is -0.139.